The number of phenolic OH excluding ortho intramolecular Hbond substituents is 1. The van der Waals surface area contributed by atoms with Crippen LogP contribution in [0.25, 0.3) is 0 Å². The summed E-state index contributed by atoms with van der Waals surface area (Å²) in [6.45, 7) is 0. The summed E-state index contributed by atoms with van der Waals surface area (Å²) in [5.74, 6) is -0.211. The van der Waals surface area contributed by atoms with Gasteiger partial charge in [-0.25, -0.2) is 0 Å². The van der Waals surface area contributed by atoms with Gasteiger partial charge in [0.2, 0.25) is 0 Å². The molecule has 0 atom stereocenters. The molecule has 0 saturated heterocycles. The van der Waals surface area contributed by atoms with Crippen LogP contribution in [0.5, 0.6) is 5.75 Å². The summed E-state index contributed by atoms with van der Waals surface area (Å²) in [5.41, 5.74) is 0.599. The first-order chi connectivity index (χ1) is 6.54. The minimum Gasteiger partial charge on any atom is -0.508 e. The molecule has 0 aromatic heterocycles. The van der Waals surface area contributed by atoms with Gasteiger partial charge in [-0.2, -0.15) is 0 Å². The Kier molecular flexibility index (Phi) is 4.42. The number of rotatable bonds is 2. The number of halogens is 2. The Morgan fingerprint density at radius 3 is 2.57 bits per heavy atom. The summed E-state index contributed by atoms with van der Waals surface area (Å²) in [4.78, 5) is 11.0. The fourth-order valence-corrected chi connectivity index (χ4v) is 1.93. The van der Waals surface area contributed by atoms with Crippen molar-refractivity contribution in [2.75, 3.05) is 7.11 Å². The first kappa shape index (κ1) is 12.0. The van der Waals surface area contributed by atoms with Crippen molar-refractivity contribution >= 4 is 51.2 Å². The first-order valence-corrected chi connectivity index (χ1v) is 5.94. The molecule has 0 aliphatic rings. The van der Waals surface area contributed by atoms with Crippen LogP contribution in [0, 0.1) is 7.14 Å². The Bertz CT molecular complexity index is 363. The van der Waals surface area contributed by atoms with Crippen molar-refractivity contribution in [1.29, 1.82) is 0 Å². The van der Waals surface area contributed by atoms with Gasteiger partial charge in [0.25, 0.3) is 0 Å². The molecule has 0 aliphatic carbocycles. The van der Waals surface area contributed by atoms with Crippen molar-refractivity contribution in [2.24, 2.45) is 0 Å². The fraction of sp³-hybridized carbons (Fsp3) is 0.222. The fourth-order valence-electron chi connectivity index (χ4n) is 0.947. The number of hydrogen-bond donors (Lipinski definition) is 1. The highest BCUT2D eigenvalue weighted by molar-refractivity contribution is 14.1. The summed E-state index contributed by atoms with van der Waals surface area (Å²) in [5, 5.41) is 9.54. The number of methoxy groups -OCH3 is 1. The first-order valence-electron chi connectivity index (χ1n) is 3.78. The van der Waals surface area contributed by atoms with Gasteiger partial charge < -0.3 is 9.84 Å². The van der Waals surface area contributed by atoms with Gasteiger partial charge in [-0.15, -0.1) is 0 Å². The highest BCUT2D eigenvalue weighted by Gasteiger charge is 2.10. The molecule has 1 rings (SSSR count). The SMILES string of the molecule is COC(=O)Cc1cc(I)c(I)cc1O. The molecule has 3 nitrogen and oxygen atoms in total. The van der Waals surface area contributed by atoms with Crippen molar-refractivity contribution in [1.82, 2.24) is 0 Å². The molecule has 0 unspecified atom stereocenters. The quantitative estimate of drug-likeness (QED) is 0.593. The van der Waals surface area contributed by atoms with Crippen molar-refractivity contribution in [3.05, 3.63) is 24.8 Å². The van der Waals surface area contributed by atoms with E-state index in [1.54, 1.807) is 12.1 Å². The van der Waals surface area contributed by atoms with E-state index in [0.29, 0.717) is 5.56 Å². The summed E-state index contributed by atoms with van der Waals surface area (Å²) in [7, 11) is 1.33. The molecule has 0 radical (unpaired) electrons. The number of hydrogen-bond acceptors (Lipinski definition) is 3. The lowest BCUT2D eigenvalue weighted by molar-refractivity contribution is -0.139. The Morgan fingerprint density at radius 2 is 2.00 bits per heavy atom. The second-order valence-electron chi connectivity index (χ2n) is 2.65. The number of carbonyl (C=O) groups excluding carboxylic acids is 1. The van der Waals surface area contributed by atoms with Gasteiger partial charge in [0.1, 0.15) is 5.75 Å². The number of carbonyl (C=O) groups is 1. The van der Waals surface area contributed by atoms with Crippen LogP contribution in [0.2, 0.25) is 0 Å². The number of esters is 1. The Hall–Kier alpha value is -0.0500. The van der Waals surface area contributed by atoms with Gasteiger partial charge in [-0.05, 0) is 57.3 Å². The summed E-state index contributed by atoms with van der Waals surface area (Å²) >= 11 is 4.28. The molecule has 0 bridgehead atoms. The predicted molar refractivity (Wildman–Crippen MR) is 69.3 cm³/mol. The van der Waals surface area contributed by atoms with Gasteiger partial charge >= 0.3 is 5.97 Å². The Morgan fingerprint density at radius 1 is 1.43 bits per heavy atom. The zero-order valence-electron chi connectivity index (χ0n) is 7.38. The average Bonchev–Trinajstić information content (AvgIpc) is 2.14. The highest BCUT2D eigenvalue weighted by atomic mass is 127. The molecule has 0 spiro atoms. The smallest absolute Gasteiger partial charge is 0.310 e. The third-order valence-corrected chi connectivity index (χ3v) is 4.50. The molecule has 0 saturated carbocycles. The minimum absolute atomic E-state index is 0.106. The van der Waals surface area contributed by atoms with Crippen LogP contribution in [-0.2, 0) is 16.0 Å². The van der Waals surface area contributed by atoms with E-state index in [2.05, 4.69) is 49.9 Å². The molecule has 0 amide bonds. The van der Waals surface area contributed by atoms with Crippen molar-refractivity contribution < 1.29 is 14.6 Å². The van der Waals surface area contributed by atoms with Crippen LogP contribution in [0.3, 0.4) is 0 Å². The molecule has 14 heavy (non-hydrogen) atoms. The zero-order chi connectivity index (χ0) is 10.7. The number of benzene rings is 1. The normalized spacial score (nSPS) is 9.93. The van der Waals surface area contributed by atoms with E-state index in [0.717, 1.165) is 7.14 Å². The molecule has 0 fully saturated rings. The summed E-state index contributed by atoms with van der Waals surface area (Å²) < 4.78 is 6.51. The van der Waals surface area contributed by atoms with Gasteiger partial charge in [0.15, 0.2) is 0 Å². The van der Waals surface area contributed by atoms with E-state index in [1.165, 1.54) is 7.11 Å². The van der Waals surface area contributed by atoms with E-state index in [-0.39, 0.29) is 18.1 Å². The topological polar surface area (TPSA) is 46.5 Å². The van der Waals surface area contributed by atoms with E-state index in [9.17, 15) is 9.90 Å². The van der Waals surface area contributed by atoms with Gasteiger partial charge in [0, 0.05) is 12.7 Å². The molecule has 1 aromatic rings. The molecule has 1 aromatic carbocycles. The Labute approximate surface area is 109 Å². The van der Waals surface area contributed by atoms with Crippen LogP contribution in [0.15, 0.2) is 12.1 Å². The van der Waals surface area contributed by atoms with E-state index in [1.807, 2.05) is 0 Å². The van der Waals surface area contributed by atoms with Crippen LogP contribution in [-0.4, -0.2) is 18.2 Å². The predicted octanol–water partition coefficient (Wildman–Crippen LogP) is 2.32. The molecule has 76 valence electrons. The van der Waals surface area contributed by atoms with Gasteiger partial charge in [-0.1, -0.05) is 0 Å². The van der Waals surface area contributed by atoms with Crippen LogP contribution >= 0.6 is 45.2 Å². The average molecular weight is 418 g/mol. The maximum atomic E-state index is 11.0. The van der Waals surface area contributed by atoms with Crippen LogP contribution in [0.1, 0.15) is 5.56 Å². The zero-order valence-corrected chi connectivity index (χ0v) is 11.7. The van der Waals surface area contributed by atoms with Crippen LogP contribution in [0.4, 0.5) is 0 Å². The largest absolute Gasteiger partial charge is 0.508 e. The molecular weight excluding hydrogens is 410 g/mol. The van der Waals surface area contributed by atoms with Crippen molar-refractivity contribution in [3.63, 3.8) is 0 Å². The van der Waals surface area contributed by atoms with Gasteiger partial charge in [0.05, 0.1) is 13.5 Å². The van der Waals surface area contributed by atoms with Crippen LogP contribution < -0.4 is 0 Å². The lowest BCUT2D eigenvalue weighted by atomic mass is 10.1. The third kappa shape index (κ3) is 2.97. The van der Waals surface area contributed by atoms with Gasteiger partial charge in [-0.3, -0.25) is 4.79 Å². The lowest BCUT2D eigenvalue weighted by Gasteiger charge is -2.05. The standard InChI is InChI=1S/C9H8I2O3/c1-14-9(13)3-5-2-6(10)7(11)4-8(5)12/h2,4,12H,3H2,1H3. The molecule has 0 aliphatic heterocycles. The Balaban J connectivity index is 2.98. The molecular formula is C9H8I2O3. The monoisotopic (exact) mass is 418 g/mol. The second kappa shape index (κ2) is 5.15. The third-order valence-electron chi connectivity index (χ3n) is 1.68. The number of ether oxygens (including phenoxy) is 1. The maximum absolute atomic E-state index is 11.0. The van der Waals surface area contributed by atoms with Crippen molar-refractivity contribution in [3.8, 4) is 5.75 Å². The van der Waals surface area contributed by atoms with Crippen molar-refractivity contribution in [2.45, 2.75) is 6.42 Å². The number of aromatic hydroxyl groups is 1. The second-order valence-corrected chi connectivity index (χ2v) is 4.97. The number of phenols is 1. The minimum atomic E-state index is -0.350. The molecule has 5 heteroatoms. The van der Waals surface area contributed by atoms with E-state index < -0.39 is 0 Å². The lowest BCUT2D eigenvalue weighted by Crippen LogP contribution is -2.05. The molecule has 1 N–H and O–H groups in total. The summed E-state index contributed by atoms with van der Waals surface area (Å²) in [6.07, 6.45) is 0.106. The molecule has 0 heterocycles. The summed E-state index contributed by atoms with van der Waals surface area (Å²) in [6, 6.07) is 3.43. The highest BCUT2D eigenvalue weighted by Crippen LogP contribution is 2.25. The van der Waals surface area contributed by atoms with E-state index >= 15 is 0 Å². The van der Waals surface area contributed by atoms with E-state index in [4.69, 9.17) is 0 Å². The maximum Gasteiger partial charge on any atom is 0.310 e.